The predicted molar refractivity (Wildman–Crippen MR) is 87.5 cm³/mol. The van der Waals surface area contributed by atoms with Gasteiger partial charge in [0.1, 0.15) is 5.01 Å². The van der Waals surface area contributed by atoms with Gasteiger partial charge in [-0.1, -0.05) is 52.0 Å². The minimum absolute atomic E-state index is 0.216. The SMILES string of the molecule is CCNC(c1nc(C(C)C)cs1)c1ccccc1CC. The molecule has 0 saturated carbocycles. The Morgan fingerprint density at radius 1 is 1.20 bits per heavy atom. The lowest BCUT2D eigenvalue weighted by molar-refractivity contribution is 0.618. The summed E-state index contributed by atoms with van der Waals surface area (Å²) in [6.07, 6.45) is 1.06. The molecule has 0 spiro atoms. The maximum atomic E-state index is 4.84. The molecule has 0 fully saturated rings. The molecule has 0 amide bonds. The fourth-order valence-corrected chi connectivity index (χ4v) is 3.44. The van der Waals surface area contributed by atoms with Crippen molar-refractivity contribution in [3.63, 3.8) is 0 Å². The summed E-state index contributed by atoms with van der Waals surface area (Å²) < 4.78 is 0. The highest BCUT2D eigenvalue weighted by molar-refractivity contribution is 7.09. The highest BCUT2D eigenvalue weighted by Crippen LogP contribution is 2.29. The lowest BCUT2D eigenvalue weighted by Crippen LogP contribution is -2.23. The molecular weight excluding hydrogens is 264 g/mol. The van der Waals surface area contributed by atoms with Crippen molar-refractivity contribution in [1.29, 1.82) is 0 Å². The molecule has 1 N–H and O–H groups in total. The lowest BCUT2D eigenvalue weighted by Gasteiger charge is -2.19. The molecular formula is C17H24N2S. The highest BCUT2D eigenvalue weighted by atomic mass is 32.1. The Morgan fingerprint density at radius 2 is 1.95 bits per heavy atom. The maximum absolute atomic E-state index is 4.84. The Labute approximate surface area is 126 Å². The van der Waals surface area contributed by atoms with E-state index in [2.05, 4.69) is 62.7 Å². The molecule has 1 heterocycles. The van der Waals surface area contributed by atoms with Crippen LogP contribution in [0.25, 0.3) is 0 Å². The van der Waals surface area contributed by atoms with Crippen molar-refractivity contribution >= 4 is 11.3 Å². The molecule has 1 atom stereocenters. The number of hydrogen-bond acceptors (Lipinski definition) is 3. The smallest absolute Gasteiger partial charge is 0.114 e. The lowest BCUT2D eigenvalue weighted by atomic mass is 9.99. The average Bonchev–Trinajstić information content (AvgIpc) is 2.94. The van der Waals surface area contributed by atoms with Crippen LogP contribution in [-0.2, 0) is 6.42 Å². The summed E-state index contributed by atoms with van der Waals surface area (Å²) in [6, 6.07) is 8.90. The monoisotopic (exact) mass is 288 g/mol. The minimum Gasteiger partial charge on any atom is -0.305 e. The summed E-state index contributed by atoms with van der Waals surface area (Å²) >= 11 is 1.77. The summed E-state index contributed by atoms with van der Waals surface area (Å²) in [6.45, 7) is 9.70. The van der Waals surface area contributed by atoms with Crippen LogP contribution in [-0.4, -0.2) is 11.5 Å². The van der Waals surface area contributed by atoms with E-state index < -0.39 is 0 Å². The highest BCUT2D eigenvalue weighted by Gasteiger charge is 2.19. The van der Waals surface area contributed by atoms with Crippen LogP contribution in [0.2, 0.25) is 0 Å². The van der Waals surface area contributed by atoms with Gasteiger partial charge in [0.05, 0.1) is 11.7 Å². The normalized spacial score (nSPS) is 12.8. The summed E-state index contributed by atoms with van der Waals surface area (Å²) in [5.74, 6) is 0.490. The molecule has 108 valence electrons. The topological polar surface area (TPSA) is 24.9 Å². The van der Waals surface area contributed by atoms with Crippen LogP contribution in [0.15, 0.2) is 29.6 Å². The maximum Gasteiger partial charge on any atom is 0.114 e. The summed E-state index contributed by atoms with van der Waals surface area (Å²) in [4.78, 5) is 4.84. The number of nitrogens with one attached hydrogen (secondary N) is 1. The van der Waals surface area contributed by atoms with E-state index in [9.17, 15) is 0 Å². The molecule has 0 aliphatic carbocycles. The van der Waals surface area contributed by atoms with Gasteiger partial charge in [-0.3, -0.25) is 0 Å². The van der Waals surface area contributed by atoms with Crippen molar-refractivity contribution in [2.45, 2.75) is 46.1 Å². The number of hydrogen-bond donors (Lipinski definition) is 1. The Morgan fingerprint density at radius 3 is 2.55 bits per heavy atom. The van der Waals surface area contributed by atoms with E-state index in [-0.39, 0.29) is 6.04 Å². The van der Waals surface area contributed by atoms with Crippen LogP contribution in [0.3, 0.4) is 0 Å². The van der Waals surface area contributed by atoms with Crippen LogP contribution >= 0.6 is 11.3 Å². The van der Waals surface area contributed by atoms with Gasteiger partial charge in [0.15, 0.2) is 0 Å². The first kappa shape index (κ1) is 15.2. The van der Waals surface area contributed by atoms with Crippen molar-refractivity contribution in [2.75, 3.05) is 6.54 Å². The van der Waals surface area contributed by atoms with E-state index in [1.165, 1.54) is 21.8 Å². The van der Waals surface area contributed by atoms with Crippen LogP contribution < -0.4 is 5.32 Å². The van der Waals surface area contributed by atoms with E-state index in [0.29, 0.717) is 5.92 Å². The number of benzene rings is 1. The largest absolute Gasteiger partial charge is 0.305 e. The zero-order chi connectivity index (χ0) is 14.5. The molecule has 1 unspecified atom stereocenters. The fourth-order valence-electron chi connectivity index (χ4n) is 2.37. The van der Waals surface area contributed by atoms with Gasteiger partial charge in [-0.2, -0.15) is 0 Å². The Kier molecular flexibility index (Phi) is 5.32. The van der Waals surface area contributed by atoms with E-state index in [4.69, 9.17) is 4.98 Å². The van der Waals surface area contributed by atoms with Gasteiger partial charge in [-0.15, -0.1) is 11.3 Å². The second-order valence-electron chi connectivity index (χ2n) is 5.31. The molecule has 1 aromatic carbocycles. The van der Waals surface area contributed by atoms with Gasteiger partial charge < -0.3 is 5.32 Å². The average molecular weight is 288 g/mol. The molecule has 2 rings (SSSR count). The number of aryl methyl sites for hydroxylation is 1. The molecule has 0 radical (unpaired) electrons. The molecule has 2 aromatic rings. The predicted octanol–water partition coefficient (Wildman–Crippen LogP) is 4.53. The summed E-state index contributed by atoms with van der Waals surface area (Å²) in [5.41, 5.74) is 3.96. The number of aromatic nitrogens is 1. The number of thiazole rings is 1. The van der Waals surface area contributed by atoms with Crippen molar-refractivity contribution in [3.05, 3.63) is 51.5 Å². The first-order valence-electron chi connectivity index (χ1n) is 7.43. The quantitative estimate of drug-likeness (QED) is 0.845. The molecule has 2 nitrogen and oxygen atoms in total. The zero-order valence-electron chi connectivity index (χ0n) is 12.8. The molecule has 0 bridgehead atoms. The van der Waals surface area contributed by atoms with Gasteiger partial charge >= 0.3 is 0 Å². The molecule has 0 aliphatic heterocycles. The van der Waals surface area contributed by atoms with Crippen molar-refractivity contribution in [2.24, 2.45) is 0 Å². The third-order valence-electron chi connectivity index (χ3n) is 3.53. The van der Waals surface area contributed by atoms with Crippen molar-refractivity contribution < 1.29 is 0 Å². The molecule has 0 saturated heterocycles. The van der Waals surface area contributed by atoms with Gasteiger partial charge in [-0.25, -0.2) is 4.98 Å². The Hall–Kier alpha value is -1.19. The van der Waals surface area contributed by atoms with Gasteiger partial charge in [0.25, 0.3) is 0 Å². The minimum atomic E-state index is 0.216. The Bertz CT molecular complexity index is 545. The van der Waals surface area contributed by atoms with E-state index in [0.717, 1.165) is 13.0 Å². The second kappa shape index (κ2) is 7.00. The van der Waals surface area contributed by atoms with Crippen molar-refractivity contribution in [1.82, 2.24) is 10.3 Å². The van der Waals surface area contributed by atoms with Crippen LogP contribution in [0.5, 0.6) is 0 Å². The van der Waals surface area contributed by atoms with Crippen LogP contribution in [0.1, 0.15) is 61.5 Å². The summed E-state index contributed by atoms with van der Waals surface area (Å²) in [7, 11) is 0. The van der Waals surface area contributed by atoms with Crippen LogP contribution in [0.4, 0.5) is 0 Å². The van der Waals surface area contributed by atoms with E-state index in [1.54, 1.807) is 11.3 Å². The molecule has 3 heteroatoms. The third kappa shape index (κ3) is 3.28. The third-order valence-corrected chi connectivity index (χ3v) is 4.46. The number of nitrogens with zero attached hydrogens (tertiary/aromatic N) is 1. The zero-order valence-corrected chi connectivity index (χ0v) is 13.6. The van der Waals surface area contributed by atoms with E-state index >= 15 is 0 Å². The first-order chi connectivity index (χ1) is 9.67. The number of rotatable bonds is 6. The molecule has 1 aromatic heterocycles. The van der Waals surface area contributed by atoms with Crippen molar-refractivity contribution in [3.8, 4) is 0 Å². The fraction of sp³-hybridized carbons (Fsp3) is 0.471. The summed E-state index contributed by atoms with van der Waals surface area (Å²) in [5, 5.41) is 6.96. The van der Waals surface area contributed by atoms with Crippen LogP contribution in [0, 0.1) is 0 Å². The molecule has 0 aliphatic rings. The van der Waals surface area contributed by atoms with Gasteiger partial charge in [0, 0.05) is 5.38 Å². The van der Waals surface area contributed by atoms with E-state index in [1.807, 2.05) is 0 Å². The molecule has 20 heavy (non-hydrogen) atoms. The standard InChI is InChI=1S/C17H24N2S/c1-5-13-9-7-8-10-14(13)16(18-6-2)17-19-15(11-20-17)12(3)4/h7-12,16,18H,5-6H2,1-4H3. The first-order valence-corrected chi connectivity index (χ1v) is 8.31. The van der Waals surface area contributed by atoms with Gasteiger partial charge in [0.2, 0.25) is 0 Å². The van der Waals surface area contributed by atoms with Gasteiger partial charge in [-0.05, 0) is 30.0 Å². The Balaban J connectivity index is 2.39. The second-order valence-corrected chi connectivity index (χ2v) is 6.20.